The molecule has 1 aromatic heterocycles. The van der Waals surface area contributed by atoms with Crippen molar-refractivity contribution in [3.05, 3.63) is 41.0 Å². The van der Waals surface area contributed by atoms with Gasteiger partial charge in [-0.3, -0.25) is 4.79 Å². The zero-order valence-electron chi connectivity index (χ0n) is 12.6. The zero-order valence-corrected chi connectivity index (χ0v) is 13.3. The van der Waals surface area contributed by atoms with Gasteiger partial charge in [-0.05, 0) is 43.0 Å². The van der Waals surface area contributed by atoms with Crippen molar-refractivity contribution in [2.75, 3.05) is 13.1 Å². The standard InChI is InChI=1S/C17H19ClN2O2/c1-12-6-8-20(9-7-12)17(21)11-15-10-16(22-19-15)13-2-4-14(18)5-3-13/h2-5,10,12H,6-9,11H2,1H3. The van der Waals surface area contributed by atoms with Crippen LogP contribution in [0.5, 0.6) is 0 Å². The first-order valence-corrected chi connectivity index (χ1v) is 7.99. The first kappa shape index (κ1) is 15.1. The molecular formula is C17H19ClN2O2. The van der Waals surface area contributed by atoms with Gasteiger partial charge in [-0.25, -0.2) is 0 Å². The van der Waals surface area contributed by atoms with Crippen LogP contribution in [-0.4, -0.2) is 29.1 Å². The van der Waals surface area contributed by atoms with Crippen molar-refractivity contribution in [2.24, 2.45) is 5.92 Å². The van der Waals surface area contributed by atoms with Crippen LogP contribution in [0.3, 0.4) is 0 Å². The van der Waals surface area contributed by atoms with Crippen LogP contribution in [0, 0.1) is 5.92 Å². The Morgan fingerprint density at radius 2 is 2.00 bits per heavy atom. The number of amides is 1. The van der Waals surface area contributed by atoms with Gasteiger partial charge in [0.2, 0.25) is 5.91 Å². The van der Waals surface area contributed by atoms with E-state index in [1.807, 2.05) is 23.1 Å². The Labute approximate surface area is 135 Å². The molecule has 0 radical (unpaired) electrons. The third kappa shape index (κ3) is 3.50. The van der Waals surface area contributed by atoms with Crippen LogP contribution in [-0.2, 0) is 11.2 Å². The van der Waals surface area contributed by atoms with Crippen LogP contribution in [0.15, 0.2) is 34.9 Å². The van der Waals surface area contributed by atoms with E-state index in [9.17, 15) is 4.79 Å². The molecule has 0 spiro atoms. The molecule has 4 nitrogen and oxygen atoms in total. The molecule has 0 aliphatic carbocycles. The smallest absolute Gasteiger partial charge is 0.228 e. The molecule has 1 saturated heterocycles. The van der Waals surface area contributed by atoms with Gasteiger partial charge in [-0.2, -0.15) is 0 Å². The number of halogens is 1. The summed E-state index contributed by atoms with van der Waals surface area (Å²) < 4.78 is 5.33. The Hall–Kier alpha value is -1.81. The molecule has 116 valence electrons. The van der Waals surface area contributed by atoms with E-state index in [0.717, 1.165) is 31.5 Å². The molecule has 2 aromatic rings. The molecule has 0 unspecified atom stereocenters. The van der Waals surface area contributed by atoms with Crippen LogP contribution in [0.25, 0.3) is 11.3 Å². The van der Waals surface area contributed by atoms with Gasteiger partial charge >= 0.3 is 0 Å². The van der Waals surface area contributed by atoms with E-state index in [2.05, 4.69) is 12.1 Å². The van der Waals surface area contributed by atoms with Crippen LogP contribution < -0.4 is 0 Å². The lowest BCUT2D eigenvalue weighted by Gasteiger charge is -2.30. The van der Waals surface area contributed by atoms with E-state index in [1.54, 1.807) is 12.1 Å². The molecule has 22 heavy (non-hydrogen) atoms. The average Bonchev–Trinajstić information content (AvgIpc) is 2.97. The van der Waals surface area contributed by atoms with Gasteiger partial charge in [0.1, 0.15) is 0 Å². The molecule has 3 rings (SSSR count). The van der Waals surface area contributed by atoms with E-state index in [4.69, 9.17) is 16.1 Å². The quantitative estimate of drug-likeness (QED) is 0.865. The molecule has 0 saturated carbocycles. The third-order valence-corrected chi connectivity index (χ3v) is 4.41. The highest BCUT2D eigenvalue weighted by Gasteiger charge is 2.21. The summed E-state index contributed by atoms with van der Waals surface area (Å²) in [4.78, 5) is 14.2. The Morgan fingerprint density at radius 3 is 2.68 bits per heavy atom. The summed E-state index contributed by atoms with van der Waals surface area (Å²) in [6, 6.07) is 9.19. The highest BCUT2D eigenvalue weighted by atomic mass is 35.5. The number of carbonyl (C=O) groups is 1. The fraction of sp³-hybridized carbons (Fsp3) is 0.412. The summed E-state index contributed by atoms with van der Waals surface area (Å²) in [5.74, 6) is 1.50. The van der Waals surface area contributed by atoms with E-state index < -0.39 is 0 Å². The Morgan fingerprint density at radius 1 is 1.32 bits per heavy atom. The number of nitrogens with zero attached hydrogens (tertiary/aromatic N) is 2. The van der Waals surface area contributed by atoms with Gasteiger partial charge < -0.3 is 9.42 Å². The first-order chi connectivity index (χ1) is 10.6. The molecule has 0 atom stereocenters. The van der Waals surface area contributed by atoms with E-state index >= 15 is 0 Å². The highest BCUT2D eigenvalue weighted by Crippen LogP contribution is 2.23. The Kier molecular flexibility index (Phi) is 4.48. The summed E-state index contributed by atoms with van der Waals surface area (Å²) >= 11 is 5.87. The number of carbonyl (C=O) groups excluding carboxylic acids is 1. The molecule has 1 aliphatic heterocycles. The highest BCUT2D eigenvalue weighted by molar-refractivity contribution is 6.30. The summed E-state index contributed by atoms with van der Waals surface area (Å²) in [7, 11) is 0. The molecule has 1 amide bonds. The lowest BCUT2D eigenvalue weighted by atomic mass is 9.99. The number of piperidine rings is 1. The molecule has 1 fully saturated rings. The van der Waals surface area contributed by atoms with Gasteiger partial charge in [-0.15, -0.1) is 0 Å². The van der Waals surface area contributed by atoms with Crippen molar-refractivity contribution in [3.63, 3.8) is 0 Å². The van der Waals surface area contributed by atoms with Crippen molar-refractivity contribution in [1.29, 1.82) is 0 Å². The lowest BCUT2D eigenvalue weighted by molar-refractivity contribution is -0.131. The fourth-order valence-electron chi connectivity index (χ4n) is 2.67. The van der Waals surface area contributed by atoms with Crippen molar-refractivity contribution < 1.29 is 9.32 Å². The number of hydrogen-bond donors (Lipinski definition) is 0. The minimum atomic E-state index is 0.128. The van der Waals surface area contributed by atoms with Gasteiger partial charge in [0.15, 0.2) is 5.76 Å². The molecule has 0 bridgehead atoms. The number of benzene rings is 1. The van der Waals surface area contributed by atoms with Crippen LogP contribution in [0.2, 0.25) is 5.02 Å². The van der Waals surface area contributed by atoms with E-state index in [-0.39, 0.29) is 5.91 Å². The van der Waals surface area contributed by atoms with Crippen molar-refractivity contribution in [1.82, 2.24) is 10.1 Å². The van der Waals surface area contributed by atoms with Crippen molar-refractivity contribution in [2.45, 2.75) is 26.2 Å². The number of hydrogen-bond acceptors (Lipinski definition) is 3. The topological polar surface area (TPSA) is 46.3 Å². The van der Waals surface area contributed by atoms with E-state index in [1.165, 1.54) is 0 Å². The minimum absolute atomic E-state index is 0.128. The van der Waals surface area contributed by atoms with E-state index in [0.29, 0.717) is 28.8 Å². The molecule has 5 heteroatoms. The normalized spacial score (nSPS) is 16.0. The molecule has 1 aliphatic rings. The second-order valence-electron chi connectivity index (χ2n) is 5.93. The Balaban J connectivity index is 1.64. The molecule has 2 heterocycles. The lowest BCUT2D eigenvalue weighted by Crippen LogP contribution is -2.38. The van der Waals surface area contributed by atoms with Gasteiger partial charge in [0.25, 0.3) is 0 Å². The number of rotatable bonds is 3. The monoisotopic (exact) mass is 318 g/mol. The van der Waals surface area contributed by atoms with Crippen LogP contribution in [0.4, 0.5) is 0 Å². The number of aromatic nitrogens is 1. The first-order valence-electron chi connectivity index (χ1n) is 7.61. The van der Waals surface area contributed by atoms with Crippen molar-refractivity contribution >= 4 is 17.5 Å². The number of likely N-dealkylation sites (tertiary alicyclic amines) is 1. The maximum atomic E-state index is 12.3. The summed E-state index contributed by atoms with van der Waals surface area (Å²) in [5, 5.41) is 4.69. The van der Waals surface area contributed by atoms with Crippen LogP contribution in [0.1, 0.15) is 25.5 Å². The molecule has 0 N–H and O–H groups in total. The predicted octanol–water partition coefficient (Wildman–Crippen LogP) is 3.80. The minimum Gasteiger partial charge on any atom is -0.356 e. The summed E-state index contributed by atoms with van der Waals surface area (Å²) in [5.41, 5.74) is 1.58. The van der Waals surface area contributed by atoms with Gasteiger partial charge in [0.05, 0.1) is 12.1 Å². The van der Waals surface area contributed by atoms with Gasteiger partial charge in [-0.1, -0.05) is 23.7 Å². The third-order valence-electron chi connectivity index (χ3n) is 4.16. The predicted molar refractivity (Wildman–Crippen MR) is 85.6 cm³/mol. The zero-order chi connectivity index (χ0) is 15.5. The Bertz CT molecular complexity index is 643. The maximum absolute atomic E-state index is 12.3. The molecule has 1 aromatic carbocycles. The average molecular weight is 319 g/mol. The summed E-state index contributed by atoms with van der Waals surface area (Å²) in [6.07, 6.45) is 2.46. The largest absolute Gasteiger partial charge is 0.356 e. The SMILES string of the molecule is CC1CCN(C(=O)Cc2cc(-c3ccc(Cl)cc3)on2)CC1. The van der Waals surface area contributed by atoms with Gasteiger partial charge in [0, 0.05) is 29.7 Å². The maximum Gasteiger partial charge on any atom is 0.228 e. The molecular weight excluding hydrogens is 300 g/mol. The van der Waals surface area contributed by atoms with Crippen molar-refractivity contribution in [3.8, 4) is 11.3 Å². The fourth-order valence-corrected chi connectivity index (χ4v) is 2.80. The second-order valence-corrected chi connectivity index (χ2v) is 6.37. The van der Waals surface area contributed by atoms with Crippen LogP contribution >= 0.6 is 11.6 Å². The second kappa shape index (κ2) is 6.53. The summed E-state index contributed by atoms with van der Waals surface area (Å²) in [6.45, 7) is 3.93.